The van der Waals surface area contributed by atoms with Gasteiger partial charge in [-0.1, -0.05) is 44.2 Å². The molecule has 2 aromatic rings. The molecule has 19 heavy (non-hydrogen) atoms. The Morgan fingerprint density at radius 3 is 1.89 bits per heavy atom. The van der Waals surface area contributed by atoms with Crippen molar-refractivity contribution in [2.75, 3.05) is 0 Å². The summed E-state index contributed by atoms with van der Waals surface area (Å²) in [5, 5.41) is 0. The highest BCUT2D eigenvalue weighted by Gasteiger charge is 2.18. The van der Waals surface area contributed by atoms with Gasteiger partial charge in [-0.25, -0.2) is 0 Å². The van der Waals surface area contributed by atoms with Crippen LogP contribution < -0.4 is 0 Å². The van der Waals surface area contributed by atoms with E-state index in [4.69, 9.17) is 0 Å². The molecule has 1 aromatic carbocycles. The van der Waals surface area contributed by atoms with Crippen molar-refractivity contribution < 1.29 is 4.79 Å². The fraction of sp³-hybridized carbons (Fsp3) is 0.353. The second kappa shape index (κ2) is 6.93. The van der Waals surface area contributed by atoms with E-state index in [0.29, 0.717) is 0 Å². The third-order valence-corrected chi connectivity index (χ3v) is 3.15. The maximum atomic E-state index is 12.3. The molecule has 0 radical (unpaired) electrons. The molecule has 0 saturated heterocycles. The van der Waals surface area contributed by atoms with Gasteiger partial charge in [0.15, 0.2) is 5.78 Å². The molecule has 0 aliphatic carbocycles. The standard InChI is InChI=1S/C15H17NO.C2H6/c1-11-9-10-12(2)16(11)13(3)15(17)14-7-5-4-6-8-14;1-2/h4-10,13H,1-3H3;1-2H3/t13-;/m0./s1. The third-order valence-electron chi connectivity index (χ3n) is 3.15. The van der Waals surface area contributed by atoms with E-state index in [1.54, 1.807) is 0 Å². The van der Waals surface area contributed by atoms with Crippen molar-refractivity contribution in [1.82, 2.24) is 4.57 Å². The highest BCUT2D eigenvalue weighted by Crippen LogP contribution is 2.19. The Morgan fingerprint density at radius 1 is 0.947 bits per heavy atom. The summed E-state index contributed by atoms with van der Waals surface area (Å²) in [6.45, 7) is 10.0. The van der Waals surface area contributed by atoms with Crippen molar-refractivity contribution in [3.63, 3.8) is 0 Å². The largest absolute Gasteiger partial charge is 0.339 e. The Labute approximate surface area is 116 Å². The number of ketones is 1. The predicted octanol–water partition coefficient (Wildman–Crippen LogP) is 4.58. The van der Waals surface area contributed by atoms with Gasteiger partial charge in [0.1, 0.15) is 0 Å². The Kier molecular flexibility index (Phi) is 5.56. The topological polar surface area (TPSA) is 22.0 Å². The summed E-state index contributed by atoms with van der Waals surface area (Å²) in [6.07, 6.45) is 0. The van der Waals surface area contributed by atoms with E-state index in [1.807, 2.05) is 77.1 Å². The molecule has 0 saturated carbocycles. The van der Waals surface area contributed by atoms with Crippen molar-refractivity contribution in [3.05, 3.63) is 59.4 Å². The van der Waals surface area contributed by atoms with Crippen LogP contribution in [-0.4, -0.2) is 10.4 Å². The highest BCUT2D eigenvalue weighted by molar-refractivity contribution is 5.98. The second-order valence-corrected chi connectivity index (χ2v) is 4.39. The number of benzene rings is 1. The molecule has 102 valence electrons. The Morgan fingerprint density at radius 2 is 1.42 bits per heavy atom. The van der Waals surface area contributed by atoms with Crippen LogP contribution in [0.15, 0.2) is 42.5 Å². The molecule has 0 amide bonds. The predicted molar refractivity (Wildman–Crippen MR) is 80.7 cm³/mol. The number of hydrogen-bond acceptors (Lipinski definition) is 1. The molecule has 0 aliphatic heterocycles. The normalized spacial score (nSPS) is 11.4. The lowest BCUT2D eigenvalue weighted by atomic mass is 10.1. The number of nitrogens with zero attached hydrogens (tertiary/aromatic N) is 1. The zero-order valence-corrected chi connectivity index (χ0v) is 12.5. The molecule has 0 spiro atoms. The van der Waals surface area contributed by atoms with Crippen LogP contribution in [0.5, 0.6) is 0 Å². The first-order valence-electron chi connectivity index (χ1n) is 6.85. The van der Waals surface area contributed by atoms with Gasteiger partial charge in [0.05, 0.1) is 6.04 Å². The molecule has 0 unspecified atom stereocenters. The van der Waals surface area contributed by atoms with Gasteiger partial charge in [-0.2, -0.15) is 0 Å². The molecule has 2 heteroatoms. The van der Waals surface area contributed by atoms with Crippen molar-refractivity contribution in [1.29, 1.82) is 0 Å². The summed E-state index contributed by atoms with van der Waals surface area (Å²) in [6, 6.07) is 13.4. The van der Waals surface area contributed by atoms with E-state index in [2.05, 4.69) is 4.57 Å². The molecule has 1 heterocycles. The van der Waals surface area contributed by atoms with Crippen LogP contribution in [0.2, 0.25) is 0 Å². The van der Waals surface area contributed by atoms with Gasteiger partial charge in [0.2, 0.25) is 0 Å². The molecule has 0 bridgehead atoms. The quantitative estimate of drug-likeness (QED) is 0.738. The van der Waals surface area contributed by atoms with E-state index in [0.717, 1.165) is 17.0 Å². The Balaban J connectivity index is 0.000000861. The maximum absolute atomic E-state index is 12.3. The average molecular weight is 257 g/mol. The van der Waals surface area contributed by atoms with E-state index in [-0.39, 0.29) is 11.8 Å². The number of carbonyl (C=O) groups is 1. The van der Waals surface area contributed by atoms with Crippen LogP contribution in [0.25, 0.3) is 0 Å². The molecule has 0 fully saturated rings. The monoisotopic (exact) mass is 257 g/mol. The van der Waals surface area contributed by atoms with Crippen molar-refractivity contribution in [2.24, 2.45) is 0 Å². The van der Waals surface area contributed by atoms with Crippen molar-refractivity contribution in [3.8, 4) is 0 Å². The van der Waals surface area contributed by atoms with Gasteiger partial charge < -0.3 is 4.57 Å². The number of rotatable bonds is 3. The van der Waals surface area contributed by atoms with Gasteiger partial charge >= 0.3 is 0 Å². The summed E-state index contributed by atoms with van der Waals surface area (Å²) in [4.78, 5) is 12.3. The molecule has 0 N–H and O–H groups in total. The zero-order chi connectivity index (χ0) is 14.4. The van der Waals surface area contributed by atoms with Crippen LogP contribution in [0.3, 0.4) is 0 Å². The first-order chi connectivity index (χ1) is 9.11. The summed E-state index contributed by atoms with van der Waals surface area (Å²) >= 11 is 0. The van der Waals surface area contributed by atoms with Gasteiger partial charge in [0.25, 0.3) is 0 Å². The lowest BCUT2D eigenvalue weighted by Gasteiger charge is -2.17. The minimum Gasteiger partial charge on any atom is -0.339 e. The number of Topliss-reactive ketones (excluding diaryl/α,β-unsaturated/α-hetero) is 1. The summed E-state index contributed by atoms with van der Waals surface area (Å²) in [7, 11) is 0. The van der Waals surface area contributed by atoms with Gasteiger partial charge in [0, 0.05) is 17.0 Å². The SMILES string of the molecule is CC.Cc1ccc(C)n1[C@@H](C)C(=O)c1ccccc1. The lowest BCUT2D eigenvalue weighted by Crippen LogP contribution is -2.18. The summed E-state index contributed by atoms with van der Waals surface area (Å²) in [5.41, 5.74) is 3.02. The Bertz CT molecular complexity index is 506. The molecule has 0 aliphatic rings. The molecular formula is C17H23NO. The fourth-order valence-electron chi connectivity index (χ4n) is 2.25. The number of aromatic nitrogens is 1. The number of aryl methyl sites for hydroxylation is 2. The van der Waals surface area contributed by atoms with Gasteiger partial charge in [-0.05, 0) is 32.9 Å². The van der Waals surface area contributed by atoms with Gasteiger partial charge in [-0.15, -0.1) is 0 Å². The van der Waals surface area contributed by atoms with Crippen molar-refractivity contribution in [2.45, 2.75) is 40.7 Å². The number of carbonyl (C=O) groups excluding carboxylic acids is 1. The van der Waals surface area contributed by atoms with E-state index >= 15 is 0 Å². The van der Waals surface area contributed by atoms with Crippen LogP contribution in [0.1, 0.15) is 48.6 Å². The first-order valence-corrected chi connectivity index (χ1v) is 6.85. The van der Waals surface area contributed by atoms with Crippen LogP contribution in [-0.2, 0) is 0 Å². The minimum absolute atomic E-state index is 0.146. The van der Waals surface area contributed by atoms with E-state index in [1.165, 1.54) is 0 Å². The average Bonchev–Trinajstić information content (AvgIpc) is 2.80. The zero-order valence-electron chi connectivity index (χ0n) is 12.5. The minimum atomic E-state index is -0.146. The summed E-state index contributed by atoms with van der Waals surface area (Å²) < 4.78 is 2.08. The van der Waals surface area contributed by atoms with E-state index in [9.17, 15) is 4.79 Å². The third kappa shape index (κ3) is 3.34. The fourth-order valence-corrected chi connectivity index (χ4v) is 2.25. The maximum Gasteiger partial charge on any atom is 0.185 e. The van der Waals surface area contributed by atoms with E-state index < -0.39 is 0 Å². The highest BCUT2D eigenvalue weighted by atomic mass is 16.1. The van der Waals surface area contributed by atoms with Gasteiger partial charge in [-0.3, -0.25) is 4.79 Å². The van der Waals surface area contributed by atoms with Crippen LogP contribution >= 0.6 is 0 Å². The number of hydrogen-bond donors (Lipinski definition) is 0. The second-order valence-electron chi connectivity index (χ2n) is 4.39. The Hall–Kier alpha value is -1.83. The molecule has 1 aromatic heterocycles. The van der Waals surface area contributed by atoms with Crippen LogP contribution in [0, 0.1) is 13.8 Å². The molecule has 2 nitrogen and oxygen atoms in total. The molecule has 2 rings (SSSR count). The summed E-state index contributed by atoms with van der Waals surface area (Å²) in [5.74, 6) is 0.160. The molecule has 1 atom stereocenters. The van der Waals surface area contributed by atoms with Crippen molar-refractivity contribution >= 4 is 5.78 Å². The molecular weight excluding hydrogens is 234 g/mol. The van der Waals surface area contributed by atoms with Crippen LogP contribution in [0.4, 0.5) is 0 Å². The smallest absolute Gasteiger partial charge is 0.185 e. The first kappa shape index (κ1) is 15.2. The lowest BCUT2D eigenvalue weighted by molar-refractivity contribution is 0.0933.